The molecule has 1 unspecified atom stereocenters. The summed E-state index contributed by atoms with van der Waals surface area (Å²) in [7, 11) is 1.71. The van der Waals surface area contributed by atoms with Gasteiger partial charge in [-0.1, -0.05) is 60.7 Å². The molecule has 1 N–H and O–H groups in total. The zero-order chi connectivity index (χ0) is 20.3. The molecule has 5 heteroatoms. The Hall–Kier alpha value is -2.66. The fourth-order valence-electron chi connectivity index (χ4n) is 4.83. The zero-order valence-electron chi connectivity index (χ0n) is 17.0. The van der Waals surface area contributed by atoms with Crippen molar-refractivity contribution < 1.29 is 9.59 Å². The average molecular weight is 392 g/mol. The number of nitrogens with one attached hydrogen (secondary N) is 1. The van der Waals surface area contributed by atoms with Crippen LogP contribution in [-0.4, -0.2) is 54.8 Å². The Labute approximate surface area is 172 Å². The number of benzene rings is 2. The Balaban J connectivity index is 1.37. The Morgan fingerprint density at radius 3 is 2.21 bits per heavy atom. The number of rotatable bonds is 6. The number of aryl methyl sites for hydroxylation is 1. The van der Waals surface area contributed by atoms with Crippen LogP contribution in [-0.2, 0) is 22.6 Å². The molecule has 152 valence electrons. The largest absolute Gasteiger partial charge is 0.359 e. The van der Waals surface area contributed by atoms with Crippen molar-refractivity contribution in [3.63, 3.8) is 0 Å². The Morgan fingerprint density at radius 1 is 0.966 bits per heavy atom. The number of hydrogen-bond donors (Lipinski definition) is 1. The van der Waals surface area contributed by atoms with Crippen molar-refractivity contribution in [3.8, 4) is 0 Å². The van der Waals surface area contributed by atoms with Gasteiger partial charge < -0.3 is 10.2 Å². The highest BCUT2D eigenvalue weighted by Crippen LogP contribution is 2.44. The van der Waals surface area contributed by atoms with Gasteiger partial charge in [0.2, 0.25) is 11.8 Å². The summed E-state index contributed by atoms with van der Waals surface area (Å²) >= 11 is 0. The second kappa shape index (κ2) is 8.37. The predicted molar refractivity (Wildman–Crippen MR) is 113 cm³/mol. The van der Waals surface area contributed by atoms with Crippen LogP contribution in [0.15, 0.2) is 60.7 Å². The molecule has 2 amide bonds. The molecule has 2 aromatic rings. The van der Waals surface area contributed by atoms with Crippen molar-refractivity contribution in [2.45, 2.75) is 19.4 Å². The number of likely N-dealkylation sites (tertiary alicyclic amines) is 2. The second-order valence-corrected chi connectivity index (χ2v) is 8.42. The molecule has 0 radical (unpaired) electrons. The monoisotopic (exact) mass is 391 g/mol. The normalized spacial score (nSPS) is 20.4. The molecular weight excluding hydrogens is 362 g/mol. The van der Waals surface area contributed by atoms with Crippen molar-refractivity contribution in [3.05, 3.63) is 71.8 Å². The third-order valence-corrected chi connectivity index (χ3v) is 6.36. The van der Waals surface area contributed by atoms with Gasteiger partial charge in [0.1, 0.15) is 0 Å². The highest BCUT2D eigenvalue weighted by atomic mass is 16.2. The van der Waals surface area contributed by atoms with Gasteiger partial charge in [-0.2, -0.15) is 0 Å². The highest BCUT2D eigenvalue weighted by molar-refractivity contribution is 5.82. The molecule has 2 saturated heterocycles. The van der Waals surface area contributed by atoms with Crippen LogP contribution in [0.4, 0.5) is 0 Å². The number of amides is 2. The van der Waals surface area contributed by atoms with E-state index in [2.05, 4.69) is 34.5 Å². The van der Waals surface area contributed by atoms with E-state index in [1.807, 2.05) is 41.3 Å². The fourth-order valence-corrected chi connectivity index (χ4v) is 4.83. The van der Waals surface area contributed by atoms with E-state index >= 15 is 0 Å². The summed E-state index contributed by atoms with van der Waals surface area (Å²) in [5, 5.41) is 2.84. The third kappa shape index (κ3) is 4.20. The first kappa shape index (κ1) is 19.6. The summed E-state index contributed by atoms with van der Waals surface area (Å²) in [5.74, 6) is 0.225. The lowest BCUT2D eigenvalue weighted by molar-refractivity contribution is -0.149. The zero-order valence-corrected chi connectivity index (χ0v) is 17.0. The standard InChI is InChI=1S/C24H29N3O2/c1-25-23(29)21-15-26(14-20-10-6-3-7-11-20)16-24(21)17-27(18-24)22(28)13-12-19-8-4-2-5-9-19/h2-11,21H,12-18H2,1H3,(H,25,29). The summed E-state index contributed by atoms with van der Waals surface area (Å²) in [4.78, 5) is 29.5. The highest BCUT2D eigenvalue weighted by Gasteiger charge is 2.57. The van der Waals surface area contributed by atoms with Gasteiger partial charge in [-0.05, 0) is 17.5 Å². The van der Waals surface area contributed by atoms with E-state index in [0.29, 0.717) is 19.5 Å². The van der Waals surface area contributed by atoms with E-state index in [1.54, 1.807) is 7.05 Å². The first-order valence-electron chi connectivity index (χ1n) is 10.4. The molecule has 2 aromatic carbocycles. The first-order valence-corrected chi connectivity index (χ1v) is 10.4. The SMILES string of the molecule is CNC(=O)C1CN(Cc2ccccc2)CC12CN(C(=O)CCc1ccccc1)C2. The van der Waals surface area contributed by atoms with Gasteiger partial charge in [-0.3, -0.25) is 14.5 Å². The fraction of sp³-hybridized carbons (Fsp3) is 0.417. The van der Waals surface area contributed by atoms with Gasteiger partial charge >= 0.3 is 0 Å². The summed E-state index contributed by atoms with van der Waals surface area (Å²) in [5.41, 5.74) is 2.33. The molecule has 5 nitrogen and oxygen atoms in total. The quantitative estimate of drug-likeness (QED) is 0.822. The van der Waals surface area contributed by atoms with Gasteiger partial charge in [-0.15, -0.1) is 0 Å². The molecule has 0 bridgehead atoms. The van der Waals surface area contributed by atoms with Crippen LogP contribution in [0, 0.1) is 11.3 Å². The van der Waals surface area contributed by atoms with Crippen LogP contribution in [0.1, 0.15) is 17.5 Å². The van der Waals surface area contributed by atoms with Crippen molar-refractivity contribution in [1.29, 1.82) is 0 Å². The minimum atomic E-state index is -0.114. The predicted octanol–water partition coefficient (Wildman–Crippen LogP) is 2.33. The van der Waals surface area contributed by atoms with Crippen LogP contribution < -0.4 is 5.32 Å². The minimum absolute atomic E-state index is 0.0608. The molecule has 2 fully saturated rings. The smallest absolute Gasteiger partial charge is 0.224 e. The average Bonchev–Trinajstić information content (AvgIpc) is 3.11. The van der Waals surface area contributed by atoms with E-state index in [-0.39, 0.29) is 23.1 Å². The molecular formula is C24H29N3O2. The van der Waals surface area contributed by atoms with E-state index in [9.17, 15) is 9.59 Å². The molecule has 29 heavy (non-hydrogen) atoms. The van der Waals surface area contributed by atoms with Crippen molar-refractivity contribution in [2.75, 3.05) is 33.2 Å². The van der Waals surface area contributed by atoms with E-state index in [4.69, 9.17) is 0 Å². The van der Waals surface area contributed by atoms with Gasteiger partial charge in [0.25, 0.3) is 0 Å². The van der Waals surface area contributed by atoms with E-state index < -0.39 is 0 Å². The Morgan fingerprint density at radius 2 is 1.59 bits per heavy atom. The summed E-state index contributed by atoms with van der Waals surface area (Å²) < 4.78 is 0. The summed E-state index contributed by atoms with van der Waals surface area (Å²) in [6, 6.07) is 20.5. The maximum absolute atomic E-state index is 12.7. The topological polar surface area (TPSA) is 52.7 Å². The molecule has 2 heterocycles. The molecule has 0 aliphatic carbocycles. The van der Waals surface area contributed by atoms with Gasteiger partial charge in [0, 0.05) is 51.6 Å². The number of nitrogens with zero attached hydrogens (tertiary/aromatic N) is 2. The lowest BCUT2D eigenvalue weighted by Gasteiger charge is -2.50. The summed E-state index contributed by atoms with van der Waals surface area (Å²) in [6.45, 7) is 3.83. The molecule has 2 aliphatic heterocycles. The van der Waals surface area contributed by atoms with Crippen molar-refractivity contribution in [2.24, 2.45) is 11.3 Å². The van der Waals surface area contributed by atoms with E-state index in [1.165, 1.54) is 11.1 Å². The molecule has 1 atom stereocenters. The molecule has 0 aromatic heterocycles. The second-order valence-electron chi connectivity index (χ2n) is 8.42. The lowest BCUT2D eigenvalue weighted by Crippen LogP contribution is -2.63. The molecule has 4 rings (SSSR count). The van der Waals surface area contributed by atoms with Crippen LogP contribution >= 0.6 is 0 Å². The number of carbonyl (C=O) groups is 2. The maximum atomic E-state index is 12.7. The minimum Gasteiger partial charge on any atom is -0.359 e. The lowest BCUT2D eigenvalue weighted by atomic mass is 9.71. The molecule has 0 saturated carbocycles. The van der Waals surface area contributed by atoms with Crippen LogP contribution in [0.3, 0.4) is 0 Å². The van der Waals surface area contributed by atoms with Gasteiger partial charge in [0.15, 0.2) is 0 Å². The van der Waals surface area contributed by atoms with Crippen LogP contribution in [0.2, 0.25) is 0 Å². The van der Waals surface area contributed by atoms with Crippen molar-refractivity contribution >= 4 is 11.8 Å². The molecule has 1 spiro atoms. The first-order chi connectivity index (χ1) is 14.1. The Kier molecular flexibility index (Phi) is 5.67. The number of hydrogen-bond acceptors (Lipinski definition) is 3. The van der Waals surface area contributed by atoms with Gasteiger partial charge in [-0.25, -0.2) is 0 Å². The molecule has 2 aliphatic rings. The Bertz CT molecular complexity index is 847. The van der Waals surface area contributed by atoms with Crippen LogP contribution in [0.5, 0.6) is 0 Å². The third-order valence-electron chi connectivity index (χ3n) is 6.36. The van der Waals surface area contributed by atoms with Crippen LogP contribution in [0.25, 0.3) is 0 Å². The van der Waals surface area contributed by atoms with E-state index in [0.717, 1.165) is 26.1 Å². The maximum Gasteiger partial charge on any atom is 0.224 e. The summed E-state index contributed by atoms with van der Waals surface area (Å²) in [6.07, 6.45) is 1.29. The van der Waals surface area contributed by atoms with Gasteiger partial charge in [0.05, 0.1) is 5.92 Å². The van der Waals surface area contributed by atoms with Crippen molar-refractivity contribution in [1.82, 2.24) is 15.1 Å². The number of carbonyl (C=O) groups excluding carboxylic acids is 2.